The van der Waals surface area contributed by atoms with Crippen LogP contribution in [0.15, 0.2) is 97.2 Å². The van der Waals surface area contributed by atoms with Gasteiger partial charge in [0.05, 0.1) is 36.9 Å². The Morgan fingerprint density at radius 1 is 0.893 bits per heavy atom. The molecule has 6 rings (SSSR count). The van der Waals surface area contributed by atoms with E-state index in [9.17, 15) is 9.59 Å². The van der Waals surface area contributed by atoms with Crippen molar-refractivity contribution >= 4 is 45.9 Å². The third kappa shape index (κ3) is 9.86. The number of rotatable bonds is 14. The Labute approximate surface area is 325 Å². The van der Waals surface area contributed by atoms with Gasteiger partial charge >= 0.3 is 6.03 Å². The highest BCUT2D eigenvalue weighted by molar-refractivity contribution is 6.07. The quantitative estimate of drug-likeness (QED) is 0.0641. The smallest absolute Gasteiger partial charge is 0.324 e. The Morgan fingerprint density at radius 2 is 1.68 bits per heavy atom. The number of aromatic nitrogens is 4. The molecule has 0 radical (unpaired) electrons. The van der Waals surface area contributed by atoms with E-state index < -0.39 is 6.03 Å². The molecule has 0 aliphatic carbocycles. The molecule has 56 heavy (non-hydrogen) atoms. The summed E-state index contributed by atoms with van der Waals surface area (Å²) in [6.45, 7) is 9.85. The molecule has 0 saturated carbocycles. The van der Waals surface area contributed by atoms with Gasteiger partial charge in [-0.15, -0.1) is 6.42 Å². The molecule has 6 aromatic rings. The number of urea groups is 1. The van der Waals surface area contributed by atoms with E-state index in [-0.39, 0.29) is 23.2 Å². The first-order chi connectivity index (χ1) is 27.0. The molecular formula is C43H44N8O5. The zero-order valence-electron chi connectivity index (χ0n) is 32.0. The molecule has 0 fully saturated rings. The Bertz CT molecular complexity index is 2380. The maximum absolute atomic E-state index is 13.5. The summed E-state index contributed by atoms with van der Waals surface area (Å²) in [5, 5.41) is 18.3. The van der Waals surface area contributed by atoms with E-state index in [1.807, 2.05) is 61.5 Å². The second-order valence-corrected chi connectivity index (χ2v) is 13.9. The molecule has 0 aliphatic heterocycles. The van der Waals surface area contributed by atoms with Crippen molar-refractivity contribution < 1.29 is 23.8 Å². The number of anilines is 4. The number of carbonyl (C=O) groups is 2. The number of methoxy groups -OCH3 is 1. The van der Waals surface area contributed by atoms with Gasteiger partial charge < -0.3 is 30.2 Å². The molecule has 0 atom stereocenters. The van der Waals surface area contributed by atoms with Gasteiger partial charge in [0.1, 0.15) is 11.6 Å². The number of aryl methyl sites for hydroxylation is 1. The van der Waals surface area contributed by atoms with E-state index in [1.54, 1.807) is 54.4 Å². The van der Waals surface area contributed by atoms with Crippen LogP contribution in [0.3, 0.4) is 0 Å². The zero-order chi connectivity index (χ0) is 39.7. The number of nitrogens with zero attached hydrogens (tertiary/aromatic N) is 4. The van der Waals surface area contributed by atoms with Crippen molar-refractivity contribution in [2.75, 3.05) is 49.4 Å². The van der Waals surface area contributed by atoms with Crippen molar-refractivity contribution in [3.63, 3.8) is 0 Å². The molecule has 0 saturated heterocycles. The molecule has 0 unspecified atom stereocenters. The van der Waals surface area contributed by atoms with E-state index in [2.05, 4.69) is 57.9 Å². The summed E-state index contributed by atoms with van der Waals surface area (Å²) in [4.78, 5) is 35.3. The fraction of sp³-hybridized carbons (Fsp3) is 0.233. The van der Waals surface area contributed by atoms with Crippen LogP contribution in [0.1, 0.15) is 48.0 Å². The van der Waals surface area contributed by atoms with Gasteiger partial charge in [0.2, 0.25) is 11.8 Å². The minimum atomic E-state index is -0.425. The van der Waals surface area contributed by atoms with Crippen LogP contribution in [-0.2, 0) is 14.9 Å². The molecule has 13 heteroatoms. The minimum Gasteiger partial charge on any atom is -0.438 e. The van der Waals surface area contributed by atoms with Crippen molar-refractivity contribution in [1.29, 1.82) is 0 Å². The molecule has 286 valence electrons. The van der Waals surface area contributed by atoms with Crippen LogP contribution in [-0.4, -0.2) is 65.2 Å². The van der Waals surface area contributed by atoms with Gasteiger partial charge in [-0.25, -0.2) is 14.5 Å². The van der Waals surface area contributed by atoms with Crippen LogP contribution < -0.4 is 26.0 Å². The van der Waals surface area contributed by atoms with Gasteiger partial charge in [-0.2, -0.15) is 10.1 Å². The first-order valence-electron chi connectivity index (χ1n) is 18.0. The molecule has 4 aromatic carbocycles. The van der Waals surface area contributed by atoms with Gasteiger partial charge in [0, 0.05) is 65.0 Å². The van der Waals surface area contributed by atoms with E-state index in [4.69, 9.17) is 25.7 Å². The van der Waals surface area contributed by atoms with Crippen molar-refractivity contribution in [1.82, 2.24) is 25.1 Å². The third-order valence-corrected chi connectivity index (χ3v) is 8.56. The van der Waals surface area contributed by atoms with Crippen molar-refractivity contribution in [3.8, 4) is 29.7 Å². The molecule has 3 amide bonds. The number of fused-ring (bicyclic) bond motifs is 1. The number of ether oxygens (including phenoxy) is 3. The average molecular weight is 753 g/mol. The lowest BCUT2D eigenvalue weighted by Gasteiger charge is -2.14. The van der Waals surface area contributed by atoms with Crippen LogP contribution >= 0.6 is 0 Å². The molecule has 0 spiro atoms. The molecule has 13 nitrogen and oxygen atoms in total. The number of amides is 3. The largest absolute Gasteiger partial charge is 0.438 e. The monoisotopic (exact) mass is 752 g/mol. The summed E-state index contributed by atoms with van der Waals surface area (Å²) in [6.07, 6.45) is 7.26. The van der Waals surface area contributed by atoms with Gasteiger partial charge in [-0.1, -0.05) is 68.7 Å². The SMILES string of the molecule is C#Cc1cc(Nc2nccc(Oc3ccc(NC(=O)Nc4cc(C(C)(C)C)nn4-c4ccc(C)cc4)c4ccccc34)n2)cc(C(=O)NCCOCCOC)c1. The molecule has 0 aliphatic rings. The summed E-state index contributed by atoms with van der Waals surface area (Å²) in [5.41, 5.74) is 4.55. The van der Waals surface area contributed by atoms with Gasteiger partial charge in [-0.3, -0.25) is 10.1 Å². The first kappa shape index (κ1) is 39.0. The molecular weight excluding hydrogens is 709 g/mol. The number of benzene rings is 4. The number of hydrogen-bond donors (Lipinski definition) is 4. The minimum absolute atomic E-state index is 0.230. The summed E-state index contributed by atoms with van der Waals surface area (Å²) < 4.78 is 18.4. The standard InChI is InChI=1S/C43H44N8O5/c1-7-29-24-30(40(52)44-20-21-55-23-22-54-6)26-31(25-29)46-41-45-19-18-39(49-41)56-36-17-16-35(33-10-8-9-11-34(33)36)47-42(53)48-38-27-37(43(3,4)5)50-51(38)32-14-12-28(2)13-15-32/h1,8-19,24-27H,20-23H2,2-6H3,(H,44,52)(H,45,46,49)(H2,47,48,53). The normalized spacial score (nSPS) is 11.1. The molecule has 2 heterocycles. The Kier molecular flexibility index (Phi) is 12.2. The fourth-order valence-electron chi connectivity index (χ4n) is 5.66. The topological polar surface area (TPSA) is 154 Å². The molecule has 4 N–H and O–H groups in total. The van der Waals surface area contributed by atoms with Crippen LogP contribution in [0.5, 0.6) is 11.6 Å². The second kappa shape index (κ2) is 17.6. The number of hydrogen-bond acceptors (Lipinski definition) is 9. The highest BCUT2D eigenvalue weighted by Gasteiger charge is 2.22. The van der Waals surface area contributed by atoms with Crippen molar-refractivity contribution in [2.24, 2.45) is 0 Å². The van der Waals surface area contributed by atoms with E-state index in [0.717, 1.165) is 27.7 Å². The third-order valence-electron chi connectivity index (χ3n) is 8.56. The van der Waals surface area contributed by atoms with Crippen LogP contribution in [0.25, 0.3) is 16.5 Å². The predicted molar refractivity (Wildman–Crippen MR) is 218 cm³/mol. The second-order valence-electron chi connectivity index (χ2n) is 13.9. The van der Waals surface area contributed by atoms with Gasteiger partial charge in [-0.05, 0) is 49.4 Å². The first-order valence-corrected chi connectivity index (χ1v) is 18.0. The average Bonchev–Trinajstić information content (AvgIpc) is 3.61. The highest BCUT2D eigenvalue weighted by Crippen LogP contribution is 2.35. The van der Waals surface area contributed by atoms with E-state index in [1.165, 1.54) is 0 Å². The van der Waals surface area contributed by atoms with Crippen molar-refractivity contribution in [2.45, 2.75) is 33.1 Å². The number of terminal acetylenes is 1. The lowest BCUT2D eigenvalue weighted by Crippen LogP contribution is -2.27. The zero-order valence-corrected chi connectivity index (χ0v) is 32.0. The van der Waals surface area contributed by atoms with Gasteiger partial charge in [0.15, 0.2) is 0 Å². The Morgan fingerprint density at radius 3 is 2.43 bits per heavy atom. The summed E-state index contributed by atoms with van der Waals surface area (Å²) in [6, 6.07) is 27.2. The maximum atomic E-state index is 13.5. The molecule has 0 bridgehead atoms. The number of nitrogens with one attached hydrogen (secondary N) is 4. The van der Waals surface area contributed by atoms with Crippen LogP contribution in [0.4, 0.5) is 27.9 Å². The Hall–Kier alpha value is -6.75. The number of carbonyl (C=O) groups excluding carboxylic acids is 2. The summed E-state index contributed by atoms with van der Waals surface area (Å²) in [7, 11) is 1.60. The Balaban J connectivity index is 1.16. The lowest BCUT2D eigenvalue weighted by molar-refractivity contribution is 0.0692. The van der Waals surface area contributed by atoms with E-state index >= 15 is 0 Å². The molecule has 2 aromatic heterocycles. The lowest BCUT2D eigenvalue weighted by atomic mass is 9.92. The van der Waals surface area contributed by atoms with Crippen molar-refractivity contribution in [3.05, 3.63) is 120 Å². The highest BCUT2D eigenvalue weighted by atomic mass is 16.5. The van der Waals surface area contributed by atoms with Crippen LogP contribution in [0, 0.1) is 19.3 Å². The maximum Gasteiger partial charge on any atom is 0.324 e. The predicted octanol–water partition coefficient (Wildman–Crippen LogP) is 7.98. The fourth-order valence-corrected chi connectivity index (χ4v) is 5.66. The van der Waals surface area contributed by atoms with E-state index in [0.29, 0.717) is 60.4 Å². The van der Waals surface area contributed by atoms with Gasteiger partial charge in [0.25, 0.3) is 5.91 Å². The summed E-state index contributed by atoms with van der Waals surface area (Å²) in [5.74, 6) is 3.84. The van der Waals surface area contributed by atoms with Crippen LogP contribution in [0.2, 0.25) is 0 Å². The summed E-state index contributed by atoms with van der Waals surface area (Å²) >= 11 is 0.